The molecule has 4 rings (SSSR count). The van der Waals surface area contributed by atoms with Gasteiger partial charge in [-0.2, -0.15) is 18.3 Å². The second-order valence-corrected chi connectivity index (χ2v) is 7.71. The smallest absolute Gasteiger partial charge is 0.410 e. The van der Waals surface area contributed by atoms with Crippen LogP contribution in [0.5, 0.6) is 11.5 Å². The van der Waals surface area contributed by atoms with E-state index in [0.717, 1.165) is 16.7 Å². The number of nitrogens with one attached hydrogen (secondary N) is 2. The van der Waals surface area contributed by atoms with E-state index in [1.165, 1.54) is 14.2 Å². The van der Waals surface area contributed by atoms with Crippen molar-refractivity contribution in [2.24, 2.45) is 0 Å². The first-order chi connectivity index (χ1) is 14.3. The molecule has 2 aliphatic rings. The SMILES string of the molecule is COc1ccc(C2CC(C(F)(F)F)n3nc(C4=CCNC(C)C4)cc3N2)cc1OC.Cl. The Morgan fingerprint density at radius 1 is 1.13 bits per heavy atom. The molecule has 3 atom stereocenters. The van der Waals surface area contributed by atoms with Gasteiger partial charge in [-0.15, -0.1) is 12.4 Å². The first kappa shape index (κ1) is 23.3. The minimum Gasteiger partial charge on any atom is -0.493 e. The van der Waals surface area contributed by atoms with E-state index in [2.05, 4.69) is 15.7 Å². The monoisotopic (exact) mass is 458 g/mol. The molecule has 170 valence electrons. The van der Waals surface area contributed by atoms with E-state index in [9.17, 15) is 13.2 Å². The zero-order valence-electron chi connectivity index (χ0n) is 17.5. The maximum Gasteiger partial charge on any atom is 0.410 e. The van der Waals surface area contributed by atoms with Gasteiger partial charge in [-0.05, 0) is 36.6 Å². The quantitative estimate of drug-likeness (QED) is 0.692. The fourth-order valence-electron chi connectivity index (χ4n) is 4.10. The summed E-state index contributed by atoms with van der Waals surface area (Å²) in [6.45, 7) is 2.73. The number of nitrogens with zero attached hydrogens (tertiary/aromatic N) is 2. The second kappa shape index (κ2) is 9.00. The van der Waals surface area contributed by atoms with Gasteiger partial charge >= 0.3 is 6.18 Å². The molecule has 1 aromatic heterocycles. The van der Waals surface area contributed by atoms with Gasteiger partial charge in [0, 0.05) is 25.1 Å². The maximum absolute atomic E-state index is 13.9. The summed E-state index contributed by atoms with van der Waals surface area (Å²) in [4.78, 5) is 0. The van der Waals surface area contributed by atoms with Crippen molar-refractivity contribution in [3.05, 3.63) is 41.6 Å². The molecule has 1 aromatic carbocycles. The number of ether oxygens (including phenoxy) is 2. The van der Waals surface area contributed by atoms with Crippen LogP contribution in [0.25, 0.3) is 5.57 Å². The first-order valence-electron chi connectivity index (χ1n) is 9.87. The van der Waals surface area contributed by atoms with Crippen LogP contribution in [0.15, 0.2) is 30.3 Å². The Balaban J connectivity index is 0.00000272. The van der Waals surface area contributed by atoms with Gasteiger partial charge in [-0.1, -0.05) is 12.1 Å². The van der Waals surface area contributed by atoms with E-state index in [0.29, 0.717) is 35.1 Å². The van der Waals surface area contributed by atoms with Crippen LogP contribution in [0.1, 0.15) is 43.1 Å². The standard InChI is InChI=1S/C21H25F3N4O2.ClH/c1-12-8-14(6-7-25-12)16-11-20-26-15(10-19(21(22,23)24)28(20)27-16)13-4-5-17(29-2)18(9-13)30-3;/h4-6,9,11-12,15,19,25-26H,7-8,10H2,1-3H3;1H. The van der Waals surface area contributed by atoms with Crippen LogP contribution < -0.4 is 20.1 Å². The fourth-order valence-corrected chi connectivity index (χ4v) is 4.10. The van der Waals surface area contributed by atoms with Gasteiger partial charge in [0.25, 0.3) is 0 Å². The Bertz CT molecular complexity index is 961. The molecule has 2 aromatic rings. The van der Waals surface area contributed by atoms with E-state index < -0.39 is 18.3 Å². The van der Waals surface area contributed by atoms with Crippen molar-refractivity contribution < 1.29 is 22.6 Å². The lowest BCUT2D eigenvalue weighted by Gasteiger charge is -2.33. The van der Waals surface area contributed by atoms with Crippen molar-refractivity contribution in [2.45, 2.75) is 44.1 Å². The first-order valence-corrected chi connectivity index (χ1v) is 9.87. The summed E-state index contributed by atoms with van der Waals surface area (Å²) in [5, 5.41) is 10.9. The molecular formula is C21H26ClF3N4O2. The third-order valence-corrected chi connectivity index (χ3v) is 5.67. The third-order valence-electron chi connectivity index (χ3n) is 5.67. The third kappa shape index (κ3) is 4.62. The van der Waals surface area contributed by atoms with E-state index in [1.807, 2.05) is 13.0 Å². The maximum atomic E-state index is 13.9. The van der Waals surface area contributed by atoms with Crippen molar-refractivity contribution in [3.8, 4) is 11.5 Å². The van der Waals surface area contributed by atoms with Crippen LogP contribution in [-0.4, -0.2) is 42.8 Å². The Hall–Kier alpha value is -2.39. The summed E-state index contributed by atoms with van der Waals surface area (Å²) in [6, 6.07) is 4.92. The lowest BCUT2D eigenvalue weighted by molar-refractivity contribution is -0.173. The number of alkyl halides is 3. The molecule has 2 aliphatic heterocycles. The predicted octanol–water partition coefficient (Wildman–Crippen LogP) is 4.75. The number of aromatic nitrogens is 2. The number of hydrogen-bond acceptors (Lipinski definition) is 5. The van der Waals surface area contributed by atoms with Crippen molar-refractivity contribution >= 4 is 23.8 Å². The number of fused-ring (bicyclic) bond motifs is 1. The number of rotatable bonds is 4. The molecule has 31 heavy (non-hydrogen) atoms. The average Bonchev–Trinajstić information content (AvgIpc) is 3.16. The summed E-state index contributed by atoms with van der Waals surface area (Å²) < 4.78 is 53.4. The summed E-state index contributed by atoms with van der Waals surface area (Å²) in [6.07, 6.45) is -1.86. The van der Waals surface area contributed by atoms with Gasteiger partial charge in [0.1, 0.15) is 5.82 Å². The van der Waals surface area contributed by atoms with Gasteiger partial charge in [-0.3, -0.25) is 0 Å². The summed E-state index contributed by atoms with van der Waals surface area (Å²) >= 11 is 0. The molecule has 0 radical (unpaired) electrons. The average molecular weight is 459 g/mol. The van der Waals surface area contributed by atoms with Gasteiger partial charge in [-0.25, -0.2) is 4.68 Å². The fraction of sp³-hybridized carbons (Fsp3) is 0.476. The van der Waals surface area contributed by atoms with Crippen molar-refractivity contribution in [1.82, 2.24) is 15.1 Å². The molecule has 3 heterocycles. The van der Waals surface area contributed by atoms with E-state index in [4.69, 9.17) is 9.47 Å². The highest BCUT2D eigenvalue weighted by molar-refractivity contribution is 5.85. The van der Waals surface area contributed by atoms with Crippen LogP contribution in [0.4, 0.5) is 19.0 Å². The number of anilines is 1. The predicted molar refractivity (Wildman–Crippen MR) is 115 cm³/mol. The highest BCUT2D eigenvalue weighted by Gasteiger charge is 2.46. The van der Waals surface area contributed by atoms with Crippen molar-refractivity contribution in [1.29, 1.82) is 0 Å². The van der Waals surface area contributed by atoms with E-state index in [1.54, 1.807) is 24.3 Å². The summed E-state index contributed by atoms with van der Waals surface area (Å²) in [5.41, 5.74) is 2.26. The molecule has 3 unspecified atom stereocenters. The number of halogens is 4. The number of methoxy groups -OCH3 is 2. The Kier molecular flexibility index (Phi) is 6.76. The van der Waals surface area contributed by atoms with Crippen molar-refractivity contribution in [2.75, 3.05) is 26.1 Å². The highest BCUT2D eigenvalue weighted by atomic mass is 35.5. The second-order valence-electron chi connectivity index (χ2n) is 7.71. The topological polar surface area (TPSA) is 60.3 Å². The van der Waals surface area contributed by atoms with Crippen LogP contribution in [0.2, 0.25) is 0 Å². The molecular weight excluding hydrogens is 433 g/mol. The van der Waals surface area contributed by atoms with Crippen LogP contribution >= 0.6 is 12.4 Å². The van der Waals surface area contributed by atoms with Crippen LogP contribution in [0, 0.1) is 0 Å². The number of benzene rings is 1. The minimum atomic E-state index is -4.41. The Morgan fingerprint density at radius 2 is 1.87 bits per heavy atom. The van der Waals surface area contributed by atoms with Crippen LogP contribution in [-0.2, 0) is 0 Å². The largest absolute Gasteiger partial charge is 0.493 e. The van der Waals surface area contributed by atoms with Crippen molar-refractivity contribution in [3.63, 3.8) is 0 Å². The molecule has 0 saturated heterocycles. The molecule has 0 amide bonds. The minimum absolute atomic E-state index is 0. The lowest BCUT2D eigenvalue weighted by Crippen LogP contribution is -2.35. The summed E-state index contributed by atoms with van der Waals surface area (Å²) in [7, 11) is 3.02. The summed E-state index contributed by atoms with van der Waals surface area (Å²) in [5.74, 6) is 1.38. The molecule has 0 fully saturated rings. The molecule has 0 spiro atoms. The molecule has 0 bridgehead atoms. The lowest BCUT2D eigenvalue weighted by atomic mass is 9.96. The van der Waals surface area contributed by atoms with Gasteiger partial charge < -0.3 is 20.1 Å². The Labute approximate surface area is 185 Å². The van der Waals surface area contributed by atoms with E-state index >= 15 is 0 Å². The molecule has 2 N–H and O–H groups in total. The number of hydrogen-bond donors (Lipinski definition) is 2. The molecule has 0 aliphatic carbocycles. The normalized spacial score (nSPS) is 23.2. The molecule has 6 nitrogen and oxygen atoms in total. The molecule has 0 saturated carbocycles. The van der Waals surface area contributed by atoms with E-state index in [-0.39, 0.29) is 24.9 Å². The zero-order chi connectivity index (χ0) is 21.5. The van der Waals surface area contributed by atoms with Gasteiger partial charge in [0.2, 0.25) is 0 Å². The van der Waals surface area contributed by atoms with Gasteiger partial charge in [0.15, 0.2) is 17.5 Å². The Morgan fingerprint density at radius 3 is 2.52 bits per heavy atom. The van der Waals surface area contributed by atoms with Crippen LogP contribution in [0.3, 0.4) is 0 Å². The zero-order valence-corrected chi connectivity index (χ0v) is 18.3. The van der Waals surface area contributed by atoms with Gasteiger partial charge in [0.05, 0.1) is 26.0 Å². The highest BCUT2D eigenvalue weighted by Crippen LogP contribution is 2.45. The molecule has 10 heteroatoms.